The van der Waals surface area contributed by atoms with Crippen LogP contribution in [0.3, 0.4) is 0 Å². The van der Waals surface area contributed by atoms with E-state index in [0.29, 0.717) is 20.4 Å². The summed E-state index contributed by atoms with van der Waals surface area (Å²) in [5.74, 6) is 0.128. The smallest absolute Gasteiger partial charge is 0.333 e. The Bertz CT molecular complexity index is 1010. The molecule has 236 valence electrons. The molecule has 1 saturated heterocycles. The molecule has 13 nitrogen and oxygen atoms in total. The van der Waals surface area contributed by atoms with Gasteiger partial charge in [0, 0.05) is 30.5 Å². The molecule has 15 heteroatoms. The van der Waals surface area contributed by atoms with E-state index in [9.17, 15) is 28.3 Å². The lowest BCUT2D eigenvalue weighted by Gasteiger charge is -2.31. The van der Waals surface area contributed by atoms with Crippen molar-refractivity contribution in [2.45, 2.75) is 56.9 Å². The molecule has 2 rings (SSSR count). The summed E-state index contributed by atoms with van der Waals surface area (Å²) in [7, 11) is 0.500. The molecule has 0 saturated carbocycles. The van der Waals surface area contributed by atoms with Crippen LogP contribution in [0.5, 0.6) is 5.75 Å². The number of terminal acetylenes is 1. The molecule has 0 radical (unpaired) electrons. The highest BCUT2D eigenvalue weighted by Crippen LogP contribution is 2.29. The lowest BCUT2D eigenvalue weighted by molar-refractivity contribution is -0.195. The van der Waals surface area contributed by atoms with E-state index in [4.69, 9.17) is 40.9 Å². The Kier molecular flexibility index (Phi) is 18.6. The fourth-order valence-corrected chi connectivity index (χ4v) is 3.66. The fraction of sp³-hybridized carbons (Fsp3) is 0.593. The average Bonchev–Trinajstić information content (AvgIpc) is 2.98. The number of nitrogens with one attached hydrogen (secondary N) is 2. The van der Waals surface area contributed by atoms with Crippen molar-refractivity contribution in [2.24, 2.45) is 5.73 Å². The first-order valence-electron chi connectivity index (χ1n) is 13.0. The number of carbonyl (C=O) groups excluding carboxylic acids is 2. The maximum Gasteiger partial charge on any atom is 0.333 e. The number of hydrogen-bond acceptors (Lipinski definition) is 10. The van der Waals surface area contributed by atoms with Gasteiger partial charge >= 0.3 is 5.97 Å². The maximum absolute atomic E-state index is 13.8. The maximum atomic E-state index is 13.8. The molecule has 0 bridgehead atoms. The van der Waals surface area contributed by atoms with Crippen molar-refractivity contribution in [2.75, 3.05) is 52.3 Å². The first-order valence-corrected chi connectivity index (χ1v) is 13.0. The Balaban J connectivity index is 0.00000431. The molecule has 1 fully saturated rings. The number of aliphatic hydroxyl groups excluding tert-OH is 1. The summed E-state index contributed by atoms with van der Waals surface area (Å²) in [6, 6.07) is 3.19. The zero-order valence-electron chi connectivity index (χ0n) is 23.4. The van der Waals surface area contributed by atoms with Gasteiger partial charge in [-0.05, 0) is 24.6 Å². The van der Waals surface area contributed by atoms with Gasteiger partial charge in [-0.1, -0.05) is 0 Å². The van der Waals surface area contributed by atoms with Gasteiger partial charge in [0.2, 0.25) is 18.1 Å². The second-order valence-electron chi connectivity index (χ2n) is 8.68. The van der Waals surface area contributed by atoms with Crippen molar-refractivity contribution in [3.63, 3.8) is 0 Å². The summed E-state index contributed by atoms with van der Waals surface area (Å²) >= 11 is 0. The molecule has 42 heavy (non-hydrogen) atoms. The summed E-state index contributed by atoms with van der Waals surface area (Å²) in [5, 5.41) is 24.3. The summed E-state index contributed by atoms with van der Waals surface area (Å²) < 4.78 is 49.6. The lowest BCUT2D eigenvalue weighted by Crippen LogP contribution is -2.45. The number of hydrogen-bond donors (Lipinski definition) is 5. The summed E-state index contributed by atoms with van der Waals surface area (Å²) in [4.78, 5) is 36.4. The number of amides is 2. The number of nitrogens with two attached hydrogens (primary N) is 1. The van der Waals surface area contributed by atoms with E-state index in [0.717, 1.165) is 0 Å². The van der Waals surface area contributed by atoms with Crippen molar-refractivity contribution in [3.05, 3.63) is 23.8 Å². The minimum atomic E-state index is -1.25. The Morgan fingerprint density at radius 1 is 1.17 bits per heavy atom. The van der Waals surface area contributed by atoms with Crippen LogP contribution in [0.2, 0.25) is 0 Å². The molecular formula is C27H39F2N3O10. The van der Waals surface area contributed by atoms with Crippen molar-refractivity contribution in [3.8, 4) is 18.1 Å². The first-order chi connectivity index (χ1) is 20.3. The first kappa shape index (κ1) is 36.6. The van der Waals surface area contributed by atoms with Crippen molar-refractivity contribution in [1.29, 1.82) is 0 Å². The van der Waals surface area contributed by atoms with Crippen LogP contribution < -0.4 is 21.1 Å². The van der Waals surface area contributed by atoms with Crippen LogP contribution in [-0.2, 0) is 40.0 Å². The quantitative estimate of drug-likeness (QED) is 0.0910. The van der Waals surface area contributed by atoms with E-state index in [-0.39, 0.29) is 69.2 Å². The molecule has 4 unspecified atom stereocenters. The topological polar surface area (TPSA) is 188 Å². The number of ether oxygens (including phenoxy) is 5. The van der Waals surface area contributed by atoms with E-state index in [2.05, 4.69) is 16.6 Å². The predicted molar refractivity (Wildman–Crippen MR) is 146 cm³/mol. The summed E-state index contributed by atoms with van der Waals surface area (Å²) in [5.41, 5.74) is 5.48. The molecule has 0 aliphatic carbocycles. The normalized spacial score (nSPS) is 18.5. The van der Waals surface area contributed by atoms with Gasteiger partial charge < -0.3 is 50.3 Å². The molecule has 1 aromatic carbocycles. The second-order valence-corrected chi connectivity index (χ2v) is 8.68. The molecule has 0 spiro atoms. The second kappa shape index (κ2) is 21.3. The number of aliphatic carboxylic acids is 1. The lowest BCUT2D eigenvalue weighted by atomic mass is 10.1. The number of aliphatic hydroxyl groups is 1. The van der Waals surface area contributed by atoms with E-state index in [1.54, 1.807) is 0 Å². The largest absolute Gasteiger partial charge is 0.479 e. The zero-order chi connectivity index (χ0) is 31.3. The number of rotatable bonds is 18. The van der Waals surface area contributed by atoms with E-state index < -0.39 is 49.0 Å². The van der Waals surface area contributed by atoms with Gasteiger partial charge in [-0.3, -0.25) is 14.0 Å². The molecule has 1 heterocycles. The highest BCUT2D eigenvalue weighted by Gasteiger charge is 2.34. The Morgan fingerprint density at radius 3 is 2.50 bits per heavy atom. The third-order valence-corrected chi connectivity index (χ3v) is 5.60. The third kappa shape index (κ3) is 14.0. The molecule has 0 aromatic heterocycles. The van der Waals surface area contributed by atoms with Crippen molar-refractivity contribution < 1.29 is 57.1 Å². The summed E-state index contributed by atoms with van der Waals surface area (Å²) in [6.45, 7) is -0.0929. The molecule has 2 amide bonds. The Morgan fingerprint density at radius 2 is 1.86 bits per heavy atom. The van der Waals surface area contributed by atoms with Gasteiger partial charge in [0.1, 0.15) is 25.1 Å². The number of benzene rings is 1. The van der Waals surface area contributed by atoms with Gasteiger partial charge in [0.15, 0.2) is 6.10 Å². The van der Waals surface area contributed by atoms with Gasteiger partial charge in [-0.15, -0.1) is 12.3 Å². The molecule has 1 aliphatic heterocycles. The standard InChI is InChI=1S/C26H36FN3O10.CH3F/c1-2-3-4-20(30-23(32)15-37-9-7-36-8-10-38-16-28)25(33)29-18-5-6-21(17(11-18)14-27)39-24-13-19(31)12-22(40-24)26(34)35;1-2/h1,5-6,11,19-20,22,24,31H,3-4,7-10,12-16,28H2,(H,29,33)(H,30,32)(H,34,35);1H3. The molecular weight excluding hydrogens is 564 g/mol. The Hall–Kier alpha value is -3.39. The minimum Gasteiger partial charge on any atom is -0.479 e. The van der Waals surface area contributed by atoms with E-state index in [1.165, 1.54) is 18.2 Å². The predicted octanol–water partition coefficient (Wildman–Crippen LogP) is 0.874. The molecule has 6 N–H and O–H groups in total. The van der Waals surface area contributed by atoms with Crippen LogP contribution in [0.4, 0.5) is 14.5 Å². The fourth-order valence-electron chi connectivity index (χ4n) is 3.66. The number of alkyl halides is 2. The van der Waals surface area contributed by atoms with E-state index in [1.807, 2.05) is 0 Å². The molecule has 1 aromatic rings. The highest BCUT2D eigenvalue weighted by atomic mass is 19.1. The zero-order valence-corrected chi connectivity index (χ0v) is 23.4. The summed E-state index contributed by atoms with van der Waals surface area (Å²) in [6.07, 6.45) is 2.30. The van der Waals surface area contributed by atoms with Gasteiger partial charge in [0.05, 0.1) is 46.4 Å². The van der Waals surface area contributed by atoms with Crippen LogP contribution in [0.25, 0.3) is 0 Å². The monoisotopic (exact) mass is 603 g/mol. The number of carbonyl (C=O) groups is 3. The number of carboxylic acids is 1. The van der Waals surface area contributed by atoms with Crippen LogP contribution in [0.1, 0.15) is 31.2 Å². The van der Waals surface area contributed by atoms with Crippen molar-refractivity contribution in [1.82, 2.24) is 5.32 Å². The van der Waals surface area contributed by atoms with Crippen LogP contribution in [0, 0.1) is 12.3 Å². The number of halogens is 2. The van der Waals surface area contributed by atoms with Crippen LogP contribution in [0.15, 0.2) is 18.2 Å². The SMILES string of the molecule is C#CCCC(NC(=O)COCCOCCOCN)C(=O)Nc1ccc(OC2CC(O)CC(C(=O)O)O2)c(CF)c1.CF. The van der Waals surface area contributed by atoms with Gasteiger partial charge in [0.25, 0.3) is 0 Å². The third-order valence-electron chi connectivity index (χ3n) is 5.60. The minimum absolute atomic E-state index is 0.00500. The van der Waals surface area contributed by atoms with Gasteiger partial charge in [-0.2, -0.15) is 0 Å². The van der Waals surface area contributed by atoms with Crippen LogP contribution >= 0.6 is 0 Å². The number of carboxylic acid groups (broad SMARTS) is 1. The van der Waals surface area contributed by atoms with Gasteiger partial charge in [-0.25, -0.2) is 9.18 Å². The highest BCUT2D eigenvalue weighted by molar-refractivity contribution is 5.97. The molecule has 4 atom stereocenters. The Labute approximate surface area is 243 Å². The van der Waals surface area contributed by atoms with Crippen molar-refractivity contribution >= 4 is 23.5 Å². The number of anilines is 1. The average molecular weight is 604 g/mol. The van der Waals surface area contributed by atoms with Crippen LogP contribution in [-0.4, -0.2) is 99.5 Å². The molecule has 1 aliphatic rings. The van der Waals surface area contributed by atoms with E-state index >= 15 is 0 Å².